The zero-order valence-electron chi connectivity index (χ0n) is 20.5. The van der Waals surface area contributed by atoms with E-state index < -0.39 is 5.97 Å². The number of hydrogen-bond acceptors (Lipinski definition) is 4. The van der Waals surface area contributed by atoms with Gasteiger partial charge in [-0.05, 0) is 64.8 Å². The molecule has 3 aromatic rings. The third-order valence-corrected chi connectivity index (χ3v) is 5.45. The van der Waals surface area contributed by atoms with Gasteiger partial charge in [0.2, 0.25) is 0 Å². The van der Waals surface area contributed by atoms with E-state index in [1.807, 2.05) is 30.3 Å². The number of esters is 1. The molecule has 0 unspecified atom stereocenters. The molecular formula is C29H34O4. The molecule has 0 bridgehead atoms. The zero-order chi connectivity index (χ0) is 24.0. The fraction of sp³-hybridized carbons (Fsp3) is 0.345. The van der Waals surface area contributed by atoms with Gasteiger partial charge in [0.25, 0.3) is 0 Å². The predicted molar refractivity (Wildman–Crippen MR) is 133 cm³/mol. The minimum atomic E-state index is -0.411. The van der Waals surface area contributed by atoms with Crippen molar-refractivity contribution in [1.82, 2.24) is 0 Å². The maximum atomic E-state index is 11.8. The van der Waals surface area contributed by atoms with Crippen LogP contribution in [0.2, 0.25) is 0 Å². The first kappa shape index (κ1) is 24.4. The van der Waals surface area contributed by atoms with Crippen LogP contribution in [0.5, 0.6) is 17.2 Å². The standard InChI is InChI=1S/C29H34O4/c1-7-31-28(30)19-32-26-17-12-23(22-10-8-21(9-11-22)20(2)3)18-27(26)33-25-15-13-24(14-16-25)29(4,5)6/h8-18,20H,7,19H2,1-6H3. The molecule has 0 aliphatic rings. The smallest absolute Gasteiger partial charge is 0.344 e. The lowest BCUT2D eigenvalue weighted by Crippen LogP contribution is -2.14. The van der Waals surface area contributed by atoms with Crippen LogP contribution >= 0.6 is 0 Å². The van der Waals surface area contributed by atoms with Crippen LogP contribution in [-0.4, -0.2) is 19.2 Å². The quantitative estimate of drug-likeness (QED) is 0.336. The fourth-order valence-electron chi connectivity index (χ4n) is 3.44. The predicted octanol–water partition coefficient (Wildman–Crippen LogP) is 7.51. The van der Waals surface area contributed by atoms with Crippen molar-refractivity contribution >= 4 is 5.97 Å². The van der Waals surface area contributed by atoms with E-state index in [1.165, 1.54) is 11.1 Å². The molecule has 4 heteroatoms. The first-order chi connectivity index (χ1) is 15.7. The minimum absolute atomic E-state index is 0.0640. The van der Waals surface area contributed by atoms with Crippen molar-refractivity contribution in [3.05, 3.63) is 77.9 Å². The SMILES string of the molecule is CCOC(=O)COc1ccc(-c2ccc(C(C)C)cc2)cc1Oc1ccc(C(C)(C)C)cc1. The highest BCUT2D eigenvalue weighted by Crippen LogP contribution is 2.37. The Balaban J connectivity index is 1.90. The van der Waals surface area contributed by atoms with E-state index in [0.29, 0.717) is 29.8 Å². The Kier molecular flexibility index (Phi) is 7.80. The van der Waals surface area contributed by atoms with Crippen molar-refractivity contribution in [3.8, 4) is 28.4 Å². The molecule has 0 spiro atoms. The summed E-state index contributed by atoms with van der Waals surface area (Å²) in [5.74, 6) is 1.81. The molecule has 0 atom stereocenters. The summed E-state index contributed by atoms with van der Waals surface area (Å²) in [6.07, 6.45) is 0. The van der Waals surface area contributed by atoms with Gasteiger partial charge in [-0.15, -0.1) is 0 Å². The Hall–Kier alpha value is -3.27. The van der Waals surface area contributed by atoms with Crippen LogP contribution in [-0.2, 0) is 14.9 Å². The topological polar surface area (TPSA) is 44.8 Å². The highest BCUT2D eigenvalue weighted by atomic mass is 16.6. The van der Waals surface area contributed by atoms with Crippen molar-refractivity contribution in [1.29, 1.82) is 0 Å². The molecule has 0 aliphatic carbocycles. The molecule has 3 aromatic carbocycles. The Morgan fingerprint density at radius 2 is 1.48 bits per heavy atom. The average molecular weight is 447 g/mol. The van der Waals surface area contributed by atoms with Crippen LogP contribution in [0.25, 0.3) is 11.1 Å². The highest BCUT2D eigenvalue weighted by molar-refractivity contribution is 5.72. The Bertz CT molecular complexity index is 1060. The fourth-order valence-corrected chi connectivity index (χ4v) is 3.44. The average Bonchev–Trinajstić information content (AvgIpc) is 2.78. The normalized spacial score (nSPS) is 11.4. The van der Waals surface area contributed by atoms with Crippen molar-refractivity contribution in [2.75, 3.05) is 13.2 Å². The van der Waals surface area contributed by atoms with Gasteiger partial charge in [0.1, 0.15) is 5.75 Å². The van der Waals surface area contributed by atoms with Gasteiger partial charge in [0.15, 0.2) is 18.1 Å². The number of carbonyl (C=O) groups is 1. The van der Waals surface area contributed by atoms with Crippen LogP contribution in [0.1, 0.15) is 58.6 Å². The van der Waals surface area contributed by atoms with Crippen molar-refractivity contribution < 1.29 is 19.0 Å². The zero-order valence-corrected chi connectivity index (χ0v) is 20.5. The summed E-state index contributed by atoms with van der Waals surface area (Å²) >= 11 is 0. The number of ether oxygens (including phenoxy) is 3. The van der Waals surface area contributed by atoms with Crippen LogP contribution in [0, 0.1) is 0 Å². The summed E-state index contributed by atoms with van der Waals surface area (Å²) in [7, 11) is 0. The third-order valence-electron chi connectivity index (χ3n) is 5.45. The lowest BCUT2D eigenvalue weighted by Gasteiger charge is -2.19. The van der Waals surface area contributed by atoms with E-state index in [9.17, 15) is 4.79 Å². The third kappa shape index (κ3) is 6.61. The Labute approximate surface area is 197 Å². The molecule has 0 aliphatic heterocycles. The van der Waals surface area contributed by atoms with Gasteiger partial charge >= 0.3 is 5.97 Å². The number of benzene rings is 3. The molecule has 0 radical (unpaired) electrons. The number of carbonyl (C=O) groups excluding carboxylic acids is 1. The molecular weight excluding hydrogens is 412 g/mol. The molecule has 33 heavy (non-hydrogen) atoms. The van der Waals surface area contributed by atoms with Crippen LogP contribution in [0.15, 0.2) is 66.7 Å². The molecule has 174 valence electrons. The van der Waals surface area contributed by atoms with E-state index >= 15 is 0 Å². The summed E-state index contributed by atoms with van der Waals surface area (Å²) < 4.78 is 16.9. The summed E-state index contributed by atoms with van der Waals surface area (Å²) in [6.45, 7) is 12.8. The maximum absolute atomic E-state index is 11.8. The number of rotatable bonds is 8. The van der Waals surface area contributed by atoms with Gasteiger partial charge in [0.05, 0.1) is 6.61 Å². The first-order valence-corrected chi connectivity index (χ1v) is 11.5. The molecule has 0 N–H and O–H groups in total. The van der Waals surface area contributed by atoms with Crippen LogP contribution < -0.4 is 9.47 Å². The van der Waals surface area contributed by atoms with E-state index in [4.69, 9.17) is 14.2 Å². The molecule has 4 nitrogen and oxygen atoms in total. The molecule has 3 rings (SSSR count). The van der Waals surface area contributed by atoms with Gasteiger partial charge in [0, 0.05) is 0 Å². The van der Waals surface area contributed by atoms with E-state index in [0.717, 1.165) is 11.1 Å². The van der Waals surface area contributed by atoms with Gasteiger partial charge < -0.3 is 14.2 Å². The number of hydrogen-bond donors (Lipinski definition) is 0. The van der Waals surface area contributed by atoms with E-state index in [-0.39, 0.29) is 12.0 Å². The maximum Gasteiger partial charge on any atom is 0.344 e. The molecule has 0 aromatic heterocycles. The van der Waals surface area contributed by atoms with Crippen molar-refractivity contribution in [2.24, 2.45) is 0 Å². The Morgan fingerprint density at radius 1 is 0.848 bits per heavy atom. The van der Waals surface area contributed by atoms with Crippen LogP contribution in [0.4, 0.5) is 0 Å². The first-order valence-electron chi connectivity index (χ1n) is 11.5. The second-order valence-electron chi connectivity index (χ2n) is 9.41. The lowest BCUT2D eigenvalue weighted by atomic mass is 9.87. The van der Waals surface area contributed by atoms with Gasteiger partial charge in [-0.1, -0.05) is 77.1 Å². The summed E-state index contributed by atoms with van der Waals surface area (Å²) in [4.78, 5) is 11.8. The van der Waals surface area contributed by atoms with Crippen molar-refractivity contribution in [3.63, 3.8) is 0 Å². The van der Waals surface area contributed by atoms with Crippen LogP contribution in [0.3, 0.4) is 0 Å². The molecule has 0 heterocycles. The van der Waals surface area contributed by atoms with Gasteiger partial charge in [-0.2, -0.15) is 0 Å². The monoisotopic (exact) mass is 446 g/mol. The largest absolute Gasteiger partial charge is 0.478 e. The Morgan fingerprint density at radius 3 is 2.06 bits per heavy atom. The molecule has 0 amide bonds. The molecule has 0 saturated carbocycles. The van der Waals surface area contributed by atoms with Gasteiger partial charge in [-0.25, -0.2) is 4.79 Å². The van der Waals surface area contributed by atoms with Crippen molar-refractivity contribution in [2.45, 2.75) is 52.9 Å². The molecule has 0 fully saturated rings. The lowest BCUT2D eigenvalue weighted by molar-refractivity contribution is -0.145. The van der Waals surface area contributed by atoms with Gasteiger partial charge in [-0.3, -0.25) is 0 Å². The van der Waals surface area contributed by atoms with E-state index in [2.05, 4.69) is 71.0 Å². The minimum Gasteiger partial charge on any atom is -0.478 e. The summed E-state index contributed by atoms with van der Waals surface area (Å²) in [5.41, 5.74) is 4.68. The summed E-state index contributed by atoms with van der Waals surface area (Å²) in [6, 6.07) is 22.4. The molecule has 0 saturated heterocycles. The second-order valence-corrected chi connectivity index (χ2v) is 9.41. The highest BCUT2D eigenvalue weighted by Gasteiger charge is 2.15. The van der Waals surface area contributed by atoms with E-state index in [1.54, 1.807) is 6.92 Å². The second kappa shape index (κ2) is 10.6. The summed E-state index contributed by atoms with van der Waals surface area (Å²) in [5, 5.41) is 0.